The number of fused-ring (bicyclic) bond motifs is 2. The number of rotatable bonds is 3. The number of pyridine rings is 2. The van der Waals surface area contributed by atoms with Crippen molar-refractivity contribution in [2.45, 2.75) is 51.9 Å². The lowest BCUT2D eigenvalue weighted by atomic mass is 9.82. The SMILES string of the molecule is CC(C)(C)c1nc2cc(CC(C)(C)c3nnn4ccccc34)ccn2n1. The van der Waals surface area contributed by atoms with Crippen molar-refractivity contribution >= 4 is 11.2 Å². The van der Waals surface area contributed by atoms with E-state index in [-0.39, 0.29) is 10.8 Å². The summed E-state index contributed by atoms with van der Waals surface area (Å²) < 4.78 is 3.68. The van der Waals surface area contributed by atoms with Gasteiger partial charge >= 0.3 is 0 Å². The summed E-state index contributed by atoms with van der Waals surface area (Å²) in [5.74, 6) is 0.859. The molecule has 0 aliphatic carbocycles. The van der Waals surface area contributed by atoms with E-state index >= 15 is 0 Å². The van der Waals surface area contributed by atoms with E-state index in [1.807, 2.05) is 33.6 Å². The molecular formula is C20H24N6. The van der Waals surface area contributed by atoms with E-state index in [0.29, 0.717) is 0 Å². The Bertz CT molecular complexity index is 1080. The highest BCUT2D eigenvalue weighted by molar-refractivity contribution is 5.54. The Morgan fingerprint density at radius 1 is 0.962 bits per heavy atom. The molecule has 0 saturated carbocycles. The van der Waals surface area contributed by atoms with Gasteiger partial charge in [-0.05, 0) is 36.2 Å². The summed E-state index contributed by atoms with van der Waals surface area (Å²) >= 11 is 0. The normalized spacial score (nSPS) is 13.0. The summed E-state index contributed by atoms with van der Waals surface area (Å²) in [6, 6.07) is 10.3. The van der Waals surface area contributed by atoms with E-state index in [2.05, 4.69) is 68.2 Å². The molecule has 0 fully saturated rings. The van der Waals surface area contributed by atoms with Gasteiger partial charge in [-0.3, -0.25) is 0 Å². The predicted molar refractivity (Wildman–Crippen MR) is 101 cm³/mol. The molecule has 0 aliphatic rings. The Hall–Kier alpha value is -2.76. The fourth-order valence-corrected chi connectivity index (χ4v) is 3.27. The van der Waals surface area contributed by atoms with Crippen molar-refractivity contribution in [3.05, 3.63) is 59.8 Å². The van der Waals surface area contributed by atoms with Crippen molar-refractivity contribution in [2.24, 2.45) is 0 Å². The van der Waals surface area contributed by atoms with Gasteiger partial charge in [-0.15, -0.1) is 5.10 Å². The summed E-state index contributed by atoms with van der Waals surface area (Å²) in [4.78, 5) is 4.71. The lowest BCUT2D eigenvalue weighted by Gasteiger charge is -2.22. The summed E-state index contributed by atoms with van der Waals surface area (Å²) in [5.41, 5.74) is 3.95. The summed E-state index contributed by atoms with van der Waals surface area (Å²) in [6.07, 6.45) is 4.77. The highest BCUT2D eigenvalue weighted by Crippen LogP contribution is 2.29. The van der Waals surface area contributed by atoms with Crippen LogP contribution in [0, 0.1) is 0 Å². The second-order valence-corrected chi connectivity index (χ2v) is 8.55. The highest BCUT2D eigenvalue weighted by atomic mass is 15.4. The molecule has 0 aromatic carbocycles. The van der Waals surface area contributed by atoms with Crippen LogP contribution in [0.2, 0.25) is 0 Å². The molecule has 0 radical (unpaired) electrons. The zero-order valence-electron chi connectivity index (χ0n) is 15.9. The Balaban J connectivity index is 1.69. The van der Waals surface area contributed by atoms with Crippen LogP contribution in [0.4, 0.5) is 0 Å². The van der Waals surface area contributed by atoms with E-state index in [1.54, 1.807) is 0 Å². The smallest absolute Gasteiger partial charge is 0.157 e. The van der Waals surface area contributed by atoms with Gasteiger partial charge in [0.2, 0.25) is 0 Å². The molecule has 0 N–H and O–H groups in total. The molecule has 4 aromatic heterocycles. The molecule has 0 aliphatic heterocycles. The molecule has 0 spiro atoms. The van der Waals surface area contributed by atoms with Gasteiger partial charge in [-0.25, -0.2) is 14.0 Å². The first-order valence-corrected chi connectivity index (χ1v) is 8.90. The quantitative estimate of drug-likeness (QED) is 0.568. The topological polar surface area (TPSA) is 60.4 Å². The maximum absolute atomic E-state index is 4.71. The maximum atomic E-state index is 4.71. The Kier molecular flexibility index (Phi) is 3.61. The molecule has 134 valence electrons. The second kappa shape index (κ2) is 5.62. The van der Waals surface area contributed by atoms with Crippen molar-refractivity contribution in [3.63, 3.8) is 0 Å². The minimum atomic E-state index is -0.145. The van der Waals surface area contributed by atoms with Gasteiger partial charge in [-0.1, -0.05) is 45.9 Å². The van der Waals surface area contributed by atoms with Crippen LogP contribution < -0.4 is 0 Å². The minimum absolute atomic E-state index is 0.0630. The van der Waals surface area contributed by atoms with E-state index in [1.165, 1.54) is 5.56 Å². The highest BCUT2D eigenvalue weighted by Gasteiger charge is 2.27. The Morgan fingerprint density at radius 3 is 2.54 bits per heavy atom. The summed E-state index contributed by atoms with van der Waals surface area (Å²) in [6.45, 7) is 10.8. The first-order valence-electron chi connectivity index (χ1n) is 8.90. The van der Waals surface area contributed by atoms with Crippen molar-refractivity contribution in [1.29, 1.82) is 0 Å². The van der Waals surface area contributed by atoms with Crippen molar-refractivity contribution in [1.82, 2.24) is 29.4 Å². The fourth-order valence-electron chi connectivity index (χ4n) is 3.27. The molecule has 0 unspecified atom stereocenters. The maximum Gasteiger partial charge on any atom is 0.157 e. The number of nitrogens with zero attached hydrogens (tertiary/aromatic N) is 6. The van der Waals surface area contributed by atoms with Gasteiger partial charge in [0, 0.05) is 23.2 Å². The second-order valence-electron chi connectivity index (χ2n) is 8.55. The van der Waals surface area contributed by atoms with Crippen molar-refractivity contribution in [3.8, 4) is 0 Å². The summed E-state index contributed by atoms with van der Waals surface area (Å²) in [7, 11) is 0. The average Bonchev–Trinajstić information content (AvgIpc) is 3.18. The molecule has 6 heteroatoms. The molecule has 26 heavy (non-hydrogen) atoms. The van der Waals surface area contributed by atoms with Crippen LogP contribution in [-0.2, 0) is 17.3 Å². The van der Waals surface area contributed by atoms with Crippen LogP contribution in [0.1, 0.15) is 51.7 Å². The van der Waals surface area contributed by atoms with E-state index in [9.17, 15) is 0 Å². The van der Waals surface area contributed by atoms with Crippen molar-refractivity contribution < 1.29 is 0 Å². The molecule has 0 saturated heterocycles. The zero-order chi connectivity index (χ0) is 18.5. The molecule has 4 heterocycles. The molecule has 6 nitrogen and oxygen atoms in total. The number of aromatic nitrogens is 6. The molecule has 4 aromatic rings. The van der Waals surface area contributed by atoms with Crippen LogP contribution in [0.15, 0.2) is 42.7 Å². The number of hydrogen-bond donors (Lipinski definition) is 0. The molecule has 0 amide bonds. The summed E-state index contributed by atoms with van der Waals surface area (Å²) in [5, 5.41) is 13.3. The van der Waals surface area contributed by atoms with E-state index in [0.717, 1.165) is 29.1 Å². The van der Waals surface area contributed by atoms with Crippen LogP contribution in [0.5, 0.6) is 0 Å². The van der Waals surface area contributed by atoms with Gasteiger partial charge in [0.25, 0.3) is 0 Å². The zero-order valence-corrected chi connectivity index (χ0v) is 15.9. The minimum Gasteiger partial charge on any atom is -0.221 e. The lowest BCUT2D eigenvalue weighted by molar-refractivity contribution is 0.507. The monoisotopic (exact) mass is 348 g/mol. The first-order chi connectivity index (χ1) is 12.2. The van der Waals surface area contributed by atoms with Crippen LogP contribution in [0.25, 0.3) is 11.2 Å². The van der Waals surface area contributed by atoms with Crippen LogP contribution in [-0.4, -0.2) is 29.4 Å². The molecule has 4 rings (SSSR count). The van der Waals surface area contributed by atoms with Crippen LogP contribution >= 0.6 is 0 Å². The third-order valence-electron chi connectivity index (χ3n) is 4.68. The van der Waals surface area contributed by atoms with E-state index in [4.69, 9.17) is 4.98 Å². The van der Waals surface area contributed by atoms with Gasteiger partial charge in [-0.2, -0.15) is 5.10 Å². The average molecular weight is 348 g/mol. The molecule has 0 atom stereocenters. The number of hydrogen-bond acceptors (Lipinski definition) is 4. The largest absolute Gasteiger partial charge is 0.221 e. The Labute approximate surface area is 152 Å². The Morgan fingerprint density at radius 2 is 1.77 bits per heavy atom. The van der Waals surface area contributed by atoms with E-state index < -0.39 is 0 Å². The van der Waals surface area contributed by atoms with Gasteiger partial charge < -0.3 is 0 Å². The van der Waals surface area contributed by atoms with Gasteiger partial charge in [0.15, 0.2) is 11.5 Å². The third-order valence-corrected chi connectivity index (χ3v) is 4.68. The van der Waals surface area contributed by atoms with Gasteiger partial charge in [0.05, 0.1) is 11.2 Å². The van der Waals surface area contributed by atoms with Gasteiger partial charge in [0.1, 0.15) is 0 Å². The molecular weight excluding hydrogens is 324 g/mol. The van der Waals surface area contributed by atoms with Crippen LogP contribution in [0.3, 0.4) is 0 Å². The third kappa shape index (κ3) is 2.85. The first kappa shape index (κ1) is 16.7. The fraction of sp³-hybridized carbons (Fsp3) is 0.400. The lowest BCUT2D eigenvalue weighted by Crippen LogP contribution is -2.21. The molecule has 0 bridgehead atoms. The standard InChI is InChI=1S/C20H24N6/c1-19(2,3)18-21-16-12-14(9-11-26(16)23-18)13-20(4,5)17-15-8-6-7-10-25(15)24-22-17/h6-12H,13H2,1-5H3. The predicted octanol–water partition coefficient (Wildman–Crippen LogP) is 3.59. The van der Waals surface area contributed by atoms with Crippen molar-refractivity contribution in [2.75, 3.05) is 0 Å².